The molecule has 1 saturated heterocycles. The second-order valence-corrected chi connectivity index (χ2v) is 7.38. The molecule has 1 aromatic carbocycles. The van der Waals surface area contributed by atoms with Crippen molar-refractivity contribution in [2.75, 3.05) is 18.1 Å². The van der Waals surface area contributed by atoms with Crippen molar-refractivity contribution in [2.24, 2.45) is 0 Å². The van der Waals surface area contributed by atoms with E-state index in [1.807, 2.05) is 32.0 Å². The summed E-state index contributed by atoms with van der Waals surface area (Å²) >= 11 is 0. The van der Waals surface area contributed by atoms with Crippen LogP contribution < -0.4 is 10.1 Å². The van der Waals surface area contributed by atoms with Gasteiger partial charge in [-0.25, -0.2) is 8.42 Å². The van der Waals surface area contributed by atoms with Crippen LogP contribution in [0.4, 0.5) is 0 Å². The zero-order chi connectivity index (χ0) is 14.8. The Morgan fingerprint density at radius 3 is 2.80 bits per heavy atom. The third-order valence-electron chi connectivity index (χ3n) is 3.51. The number of carbonyl (C=O) groups is 1. The number of benzene rings is 1. The second kappa shape index (κ2) is 5.83. The monoisotopic (exact) mass is 297 g/mol. The molecule has 0 bridgehead atoms. The topological polar surface area (TPSA) is 72.5 Å². The van der Waals surface area contributed by atoms with Crippen molar-refractivity contribution in [3.8, 4) is 5.75 Å². The highest BCUT2D eigenvalue weighted by atomic mass is 32.2. The maximum absolute atomic E-state index is 11.7. The van der Waals surface area contributed by atoms with Gasteiger partial charge in [0.15, 0.2) is 16.4 Å². The Morgan fingerprint density at radius 1 is 1.40 bits per heavy atom. The lowest BCUT2D eigenvalue weighted by Crippen LogP contribution is -2.38. The van der Waals surface area contributed by atoms with E-state index in [0.29, 0.717) is 12.2 Å². The van der Waals surface area contributed by atoms with Gasteiger partial charge >= 0.3 is 0 Å². The summed E-state index contributed by atoms with van der Waals surface area (Å²) in [6.07, 6.45) is 0.484. The molecule has 1 amide bonds. The fourth-order valence-electron chi connectivity index (χ4n) is 2.20. The van der Waals surface area contributed by atoms with Gasteiger partial charge in [0.2, 0.25) is 0 Å². The third-order valence-corrected chi connectivity index (χ3v) is 5.28. The number of amides is 1. The molecular weight excluding hydrogens is 278 g/mol. The maximum Gasteiger partial charge on any atom is 0.258 e. The Labute approximate surface area is 119 Å². The lowest BCUT2D eigenvalue weighted by atomic mass is 10.1. The van der Waals surface area contributed by atoms with Gasteiger partial charge in [-0.05, 0) is 37.5 Å². The summed E-state index contributed by atoms with van der Waals surface area (Å²) in [5.74, 6) is 0.574. The zero-order valence-electron chi connectivity index (χ0n) is 11.7. The molecule has 0 radical (unpaired) electrons. The molecule has 5 nitrogen and oxygen atoms in total. The summed E-state index contributed by atoms with van der Waals surface area (Å²) in [5.41, 5.74) is 2.11. The summed E-state index contributed by atoms with van der Waals surface area (Å²) in [6, 6.07) is 5.38. The van der Waals surface area contributed by atoms with E-state index in [1.54, 1.807) is 0 Å². The van der Waals surface area contributed by atoms with Crippen molar-refractivity contribution in [1.29, 1.82) is 0 Å². The summed E-state index contributed by atoms with van der Waals surface area (Å²) in [6.45, 7) is 3.82. The minimum atomic E-state index is -2.98. The van der Waals surface area contributed by atoms with Gasteiger partial charge in [-0.15, -0.1) is 0 Å². The third kappa shape index (κ3) is 3.72. The van der Waals surface area contributed by atoms with Gasteiger partial charge in [0.05, 0.1) is 11.5 Å². The highest BCUT2D eigenvalue weighted by Gasteiger charge is 2.28. The number of aryl methyl sites for hydroxylation is 1. The molecule has 1 atom stereocenters. The van der Waals surface area contributed by atoms with Crippen molar-refractivity contribution in [2.45, 2.75) is 26.3 Å². The van der Waals surface area contributed by atoms with Crippen LogP contribution in [0, 0.1) is 13.8 Å². The van der Waals surface area contributed by atoms with Crippen LogP contribution in [-0.4, -0.2) is 38.5 Å². The van der Waals surface area contributed by atoms with Gasteiger partial charge < -0.3 is 10.1 Å². The number of carbonyl (C=O) groups excluding carboxylic acids is 1. The van der Waals surface area contributed by atoms with Gasteiger partial charge in [0.25, 0.3) is 5.91 Å². The normalized spacial score (nSPS) is 20.6. The van der Waals surface area contributed by atoms with E-state index in [1.165, 1.54) is 0 Å². The number of hydrogen-bond donors (Lipinski definition) is 1. The Hall–Kier alpha value is -1.56. The number of nitrogens with one attached hydrogen (secondary N) is 1. The molecule has 1 aliphatic rings. The SMILES string of the molecule is Cc1cccc(OCC(=O)N[C@@H]2CCS(=O)(=O)C2)c1C. The van der Waals surface area contributed by atoms with E-state index in [4.69, 9.17) is 4.74 Å². The van der Waals surface area contributed by atoms with E-state index < -0.39 is 9.84 Å². The Kier molecular flexibility index (Phi) is 4.32. The Balaban J connectivity index is 1.85. The Bertz CT molecular complexity index is 610. The highest BCUT2D eigenvalue weighted by molar-refractivity contribution is 7.91. The molecule has 0 spiro atoms. The molecule has 0 aromatic heterocycles. The first-order valence-electron chi connectivity index (χ1n) is 6.56. The first kappa shape index (κ1) is 14.8. The fourth-order valence-corrected chi connectivity index (χ4v) is 3.88. The molecule has 1 N–H and O–H groups in total. The zero-order valence-corrected chi connectivity index (χ0v) is 12.5. The van der Waals surface area contributed by atoms with Gasteiger partial charge in [-0.3, -0.25) is 4.79 Å². The molecule has 1 aromatic rings. The van der Waals surface area contributed by atoms with Crippen molar-refractivity contribution in [3.05, 3.63) is 29.3 Å². The lowest BCUT2D eigenvalue weighted by Gasteiger charge is -2.13. The predicted molar refractivity (Wildman–Crippen MR) is 76.6 cm³/mol. The summed E-state index contributed by atoms with van der Waals surface area (Å²) < 4.78 is 28.1. The maximum atomic E-state index is 11.7. The molecule has 1 heterocycles. The molecule has 0 aliphatic carbocycles. The minimum Gasteiger partial charge on any atom is -0.483 e. The number of rotatable bonds is 4. The average Bonchev–Trinajstić information content (AvgIpc) is 2.70. The van der Waals surface area contributed by atoms with Crippen molar-refractivity contribution in [3.63, 3.8) is 0 Å². The molecule has 110 valence electrons. The molecule has 0 unspecified atom stereocenters. The van der Waals surface area contributed by atoms with E-state index in [-0.39, 0.29) is 30.1 Å². The van der Waals surface area contributed by atoms with Gasteiger partial charge in [-0.1, -0.05) is 12.1 Å². The molecule has 6 heteroatoms. The largest absolute Gasteiger partial charge is 0.483 e. The molecule has 1 aliphatic heterocycles. The van der Waals surface area contributed by atoms with E-state index in [0.717, 1.165) is 11.1 Å². The van der Waals surface area contributed by atoms with Crippen LogP contribution in [0.2, 0.25) is 0 Å². The Morgan fingerprint density at radius 2 is 2.15 bits per heavy atom. The van der Waals surface area contributed by atoms with E-state index in [2.05, 4.69) is 5.32 Å². The summed E-state index contributed by atoms with van der Waals surface area (Å²) in [5, 5.41) is 2.70. The quantitative estimate of drug-likeness (QED) is 0.899. The van der Waals surface area contributed by atoms with Crippen molar-refractivity contribution < 1.29 is 17.9 Å². The highest BCUT2D eigenvalue weighted by Crippen LogP contribution is 2.20. The number of sulfone groups is 1. The average molecular weight is 297 g/mol. The standard InChI is InChI=1S/C14H19NO4S/c1-10-4-3-5-13(11(10)2)19-8-14(16)15-12-6-7-20(17,18)9-12/h3-5,12H,6-9H2,1-2H3,(H,15,16)/t12-/m1/s1. The molecule has 2 rings (SSSR count). The molecule has 0 saturated carbocycles. The second-order valence-electron chi connectivity index (χ2n) is 5.15. The first-order chi connectivity index (χ1) is 9.37. The van der Waals surface area contributed by atoms with Crippen molar-refractivity contribution >= 4 is 15.7 Å². The molecule has 20 heavy (non-hydrogen) atoms. The summed E-state index contributed by atoms with van der Waals surface area (Å²) in [4.78, 5) is 11.7. The first-order valence-corrected chi connectivity index (χ1v) is 8.38. The van der Waals surface area contributed by atoms with Crippen LogP contribution in [-0.2, 0) is 14.6 Å². The van der Waals surface area contributed by atoms with Gasteiger partial charge in [0, 0.05) is 6.04 Å². The smallest absolute Gasteiger partial charge is 0.258 e. The van der Waals surface area contributed by atoms with Crippen molar-refractivity contribution in [1.82, 2.24) is 5.32 Å². The minimum absolute atomic E-state index is 0.0300. The van der Waals surface area contributed by atoms with Crippen LogP contribution >= 0.6 is 0 Å². The molecular formula is C14H19NO4S. The van der Waals surface area contributed by atoms with Gasteiger partial charge in [-0.2, -0.15) is 0 Å². The lowest BCUT2D eigenvalue weighted by molar-refractivity contribution is -0.123. The summed E-state index contributed by atoms with van der Waals surface area (Å²) in [7, 11) is -2.98. The fraction of sp³-hybridized carbons (Fsp3) is 0.500. The van der Waals surface area contributed by atoms with Gasteiger partial charge in [0.1, 0.15) is 5.75 Å². The number of hydrogen-bond acceptors (Lipinski definition) is 4. The van der Waals surface area contributed by atoms with Crippen LogP contribution in [0.15, 0.2) is 18.2 Å². The van der Waals surface area contributed by atoms with Crippen LogP contribution in [0.25, 0.3) is 0 Å². The molecule has 1 fully saturated rings. The van der Waals surface area contributed by atoms with E-state index in [9.17, 15) is 13.2 Å². The number of ether oxygens (including phenoxy) is 1. The van der Waals surface area contributed by atoms with Crippen LogP contribution in [0.3, 0.4) is 0 Å². The van der Waals surface area contributed by atoms with Crippen LogP contribution in [0.1, 0.15) is 17.5 Å². The van der Waals surface area contributed by atoms with Crippen LogP contribution in [0.5, 0.6) is 5.75 Å². The predicted octanol–water partition coefficient (Wildman–Crippen LogP) is 0.986. The van der Waals surface area contributed by atoms with E-state index >= 15 is 0 Å².